The molecule has 0 aromatic heterocycles. The van der Waals surface area contributed by atoms with Gasteiger partial charge in [0.25, 0.3) is 0 Å². The van der Waals surface area contributed by atoms with E-state index in [9.17, 15) is 0 Å². The normalized spacial score (nSPS) is 29.9. The van der Waals surface area contributed by atoms with Gasteiger partial charge in [0.15, 0.2) is 0 Å². The third kappa shape index (κ3) is 4.40. The first-order valence-electron chi connectivity index (χ1n) is 10.7. The van der Waals surface area contributed by atoms with Crippen LogP contribution in [-0.4, -0.2) is 85.8 Å². The van der Waals surface area contributed by atoms with E-state index in [1.165, 1.54) is 0 Å². The summed E-state index contributed by atoms with van der Waals surface area (Å²) in [5, 5.41) is 0. The number of morpholine rings is 1. The first-order valence-corrected chi connectivity index (χ1v) is 10.7. The molecule has 2 N–H and O–H groups in total. The number of hydrogen-bond acceptors (Lipinski definition) is 5. The lowest BCUT2D eigenvalue weighted by Gasteiger charge is -2.48. The van der Waals surface area contributed by atoms with Crippen LogP contribution in [0.1, 0.15) is 18.9 Å². The molecule has 29 heavy (non-hydrogen) atoms. The first-order chi connectivity index (χ1) is 14.0. The van der Waals surface area contributed by atoms with Gasteiger partial charge in [-0.3, -0.25) is 4.90 Å². The van der Waals surface area contributed by atoms with E-state index in [4.69, 9.17) is 10.5 Å². The molecule has 1 aliphatic carbocycles. The van der Waals surface area contributed by atoms with Crippen molar-refractivity contribution >= 4 is 5.57 Å². The van der Waals surface area contributed by atoms with E-state index in [1.54, 1.807) is 6.08 Å². The Bertz CT molecular complexity index is 774. The Morgan fingerprint density at radius 2 is 1.86 bits per heavy atom. The highest BCUT2D eigenvalue weighted by Gasteiger charge is 2.41. The molecule has 2 aliphatic heterocycles. The molecule has 2 atom stereocenters. The Labute approximate surface area is 173 Å². The Kier molecular flexibility index (Phi) is 6.06. The summed E-state index contributed by atoms with van der Waals surface area (Å²) < 4.78 is 20.8. The quantitative estimate of drug-likeness (QED) is 0.841. The summed E-state index contributed by atoms with van der Waals surface area (Å²) in [5.41, 5.74) is 9.09. The fourth-order valence-electron chi connectivity index (χ4n) is 4.69. The highest BCUT2D eigenvalue weighted by Crippen LogP contribution is 2.39. The summed E-state index contributed by atoms with van der Waals surface area (Å²) in [7, 11) is 2.15. The smallest absolute Gasteiger partial charge is 0.128 e. The van der Waals surface area contributed by atoms with Gasteiger partial charge in [-0.1, -0.05) is 30.3 Å². The number of nitrogens with zero attached hydrogens (tertiary/aromatic N) is 3. The molecule has 1 aromatic rings. The van der Waals surface area contributed by atoms with Crippen LogP contribution >= 0.6 is 0 Å². The molecule has 0 radical (unpaired) electrons. The molecule has 5 nitrogen and oxygen atoms in total. The van der Waals surface area contributed by atoms with Crippen LogP contribution in [0.4, 0.5) is 4.39 Å². The zero-order valence-corrected chi connectivity index (χ0v) is 17.6. The average molecular weight is 401 g/mol. The van der Waals surface area contributed by atoms with Gasteiger partial charge in [-0.05, 0) is 31.2 Å². The Hall–Kier alpha value is -1.73. The van der Waals surface area contributed by atoms with Crippen molar-refractivity contribution in [2.75, 3.05) is 59.5 Å². The Balaban J connectivity index is 1.67. The Morgan fingerprint density at radius 1 is 1.14 bits per heavy atom. The minimum Gasteiger partial charge on any atom is -0.379 e. The van der Waals surface area contributed by atoms with Gasteiger partial charge in [0, 0.05) is 57.4 Å². The van der Waals surface area contributed by atoms with Crippen molar-refractivity contribution < 1.29 is 9.13 Å². The van der Waals surface area contributed by atoms with Gasteiger partial charge in [0.05, 0.1) is 18.8 Å². The van der Waals surface area contributed by atoms with Gasteiger partial charge >= 0.3 is 0 Å². The van der Waals surface area contributed by atoms with Gasteiger partial charge in [-0.15, -0.1) is 0 Å². The molecule has 1 aromatic carbocycles. The highest BCUT2D eigenvalue weighted by atomic mass is 19.1. The van der Waals surface area contributed by atoms with Crippen molar-refractivity contribution in [1.29, 1.82) is 0 Å². The second kappa shape index (κ2) is 8.56. The number of ether oxygens (including phenoxy) is 1. The molecule has 0 amide bonds. The first kappa shape index (κ1) is 20.5. The van der Waals surface area contributed by atoms with Gasteiger partial charge in [0.2, 0.25) is 0 Å². The molecule has 158 valence electrons. The van der Waals surface area contributed by atoms with Gasteiger partial charge in [-0.2, -0.15) is 0 Å². The predicted molar refractivity (Wildman–Crippen MR) is 115 cm³/mol. The lowest BCUT2D eigenvalue weighted by atomic mass is 9.79. The summed E-state index contributed by atoms with van der Waals surface area (Å²) in [6.45, 7) is 8.86. The third-order valence-corrected chi connectivity index (χ3v) is 6.59. The monoisotopic (exact) mass is 400 g/mol. The largest absolute Gasteiger partial charge is 0.379 e. The number of nitrogens with two attached hydrogens (primary N) is 1. The summed E-state index contributed by atoms with van der Waals surface area (Å²) in [6.07, 6.45) is 2.22. The van der Waals surface area contributed by atoms with Crippen molar-refractivity contribution in [2.45, 2.75) is 24.9 Å². The fraction of sp³-hybridized carbons (Fsp3) is 0.565. The molecule has 2 unspecified atom stereocenters. The van der Waals surface area contributed by atoms with Crippen LogP contribution in [0, 0.1) is 0 Å². The summed E-state index contributed by atoms with van der Waals surface area (Å²) >= 11 is 0. The topological polar surface area (TPSA) is 45.0 Å². The van der Waals surface area contributed by atoms with E-state index in [0.717, 1.165) is 57.2 Å². The maximum Gasteiger partial charge on any atom is 0.128 e. The second-order valence-corrected chi connectivity index (χ2v) is 8.72. The number of benzene rings is 1. The predicted octanol–water partition coefficient (Wildman–Crippen LogP) is 2.32. The lowest BCUT2D eigenvalue weighted by Crippen LogP contribution is -2.60. The second-order valence-electron chi connectivity index (χ2n) is 8.72. The number of hydrogen-bond donors (Lipinski definition) is 1. The van der Waals surface area contributed by atoms with E-state index in [2.05, 4.69) is 28.7 Å². The highest BCUT2D eigenvalue weighted by molar-refractivity contribution is 5.73. The molecule has 2 saturated heterocycles. The molecule has 0 bridgehead atoms. The number of likely N-dealkylation sites (N-methyl/N-ethyl adjacent to an activating group) is 1. The minimum absolute atomic E-state index is 0.152. The fourth-order valence-corrected chi connectivity index (χ4v) is 4.69. The zero-order valence-electron chi connectivity index (χ0n) is 17.6. The standard InChI is InChI=1S/C23H33FN4O/c1-18-16-28(9-8-26(18)2)22-14-21(24)20(19-6-4-3-5-7-19)15-23(22,25)17-27-10-12-29-13-11-27/h3-7,14,18H,8-13,15-17,25H2,1-2H3. The molecular weight excluding hydrogens is 367 g/mol. The number of piperazine rings is 1. The molecule has 6 heteroatoms. The zero-order chi connectivity index (χ0) is 20.4. The van der Waals surface area contributed by atoms with Crippen molar-refractivity contribution in [2.24, 2.45) is 5.73 Å². The molecule has 2 heterocycles. The SMILES string of the molecule is CC1CN(C2=CC(F)=C(c3ccccc3)CC2(N)CN2CCOCC2)CCN1C. The van der Waals surface area contributed by atoms with Crippen LogP contribution in [0.3, 0.4) is 0 Å². The maximum absolute atomic E-state index is 15.3. The van der Waals surface area contributed by atoms with Crippen molar-refractivity contribution in [3.05, 3.63) is 53.5 Å². The average Bonchev–Trinajstić information content (AvgIpc) is 2.73. The van der Waals surface area contributed by atoms with E-state index in [1.807, 2.05) is 30.3 Å². The maximum atomic E-state index is 15.3. The van der Waals surface area contributed by atoms with E-state index in [-0.39, 0.29) is 5.83 Å². The van der Waals surface area contributed by atoms with Gasteiger partial charge < -0.3 is 20.3 Å². The van der Waals surface area contributed by atoms with Crippen LogP contribution < -0.4 is 5.73 Å². The molecular formula is C23H33FN4O. The lowest BCUT2D eigenvalue weighted by molar-refractivity contribution is 0.0263. The van der Waals surface area contributed by atoms with Crippen molar-refractivity contribution in [3.8, 4) is 0 Å². The third-order valence-electron chi connectivity index (χ3n) is 6.59. The number of halogens is 1. The van der Waals surface area contributed by atoms with Crippen molar-refractivity contribution in [1.82, 2.24) is 14.7 Å². The van der Waals surface area contributed by atoms with Gasteiger partial charge in [-0.25, -0.2) is 4.39 Å². The summed E-state index contributed by atoms with van der Waals surface area (Å²) in [6, 6.07) is 10.2. The van der Waals surface area contributed by atoms with Crippen molar-refractivity contribution in [3.63, 3.8) is 0 Å². The van der Waals surface area contributed by atoms with Crippen LogP contribution in [0.25, 0.3) is 5.57 Å². The molecule has 2 fully saturated rings. The van der Waals surface area contributed by atoms with Crippen LogP contribution in [0.5, 0.6) is 0 Å². The van der Waals surface area contributed by atoms with E-state index in [0.29, 0.717) is 24.6 Å². The van der Waals surface area contributed by atoms with E-state index >= 15 is 4.39 Å². The molecule has 3 aliphatic rings. The van der Waals surface area contributed by atoms with Crippen LogP contribution in [-0.2, 0) is 4.74 Å². The minimum atomic E-state index is -0.617. The molecule has 0 saturated carbocycles. The Morgan fingerprint density at radius 3 is 2.55 bits per heavy atom. The number of rotatable bonds is 4. The number of allylic oxidation sites excluding steroid dienone is 2. The van der Waals surface area contributed by atoms with E-state index < -0.39 is 5.54 Å². The molecule has 4 rings (SSSR count). The summed E-state index contributed by atoms with van der Waals surface area (Å²) in [5.74, 6) is -0.152. The molecule has 0 spiro atoms. The van der Waals surface area contributed by atoms with Crippen LogP contribution in [0.2, 0.25) is 0 Å². The summed E-state index contributed by atoms with van der Waals surface area (Å²) in [4.78, 5) is 7.02. The van der Waals surface area contributed by atoms with Gasteiger partial charge in [0.1, 0.15) is 5.83 Å². The van der Waals surface area contributed by atoms with Crippen LogP contribution in [0.15, 0.2) is 47.9 Å².